The van der Waals surface area contributed by atoms with E-state index < -0.39 is 22.0 Å². The topological polar surface area (TPSA) is 46.5 Å². The number of cyclic esters (lactones) is 1. The Balaban J connectivity index is 2.62. The van der Waals surface area contributed by atoms with Crippen molar-refractivity contribution in [1.29, 1.82) is 0 Å². The average Bonchev–Trinajstić information content (AvgIpc) is 1.82. The van der Waals surface area contributed by atoms with E-state index in [1.165, 1.54) is 0 Å². The van der Waals surface area contributed by atoms with Gasteiger partial charge in [-0.2, -0.15) is 0 Å². The lowest BCUT2D eigenvalue weighted by Gasteiger charge is -2.30. The zero-order chi connectivity index (χ0) is 9.35. The molecule has 0 aromatic rings. The van der Waals surface area contributed by atoms with Crippen molar-refractivity contribution >= 4 is 40.8 Å². The molecule has 1 aliphatic rings. The van der Waals surface area contributed by atoms with Crippen LogP contribution >= 0.6 is 34.8 Å². The van der Waals surface area contributed by atoms with Crippen LogP contribution in [-0.4, -0.2) is 27.1 Å². The molecule has 1 saturated heterocycles. The standard InChI is InChI=1S/C6H7Cl3O3/c7-6(8,9)4-1-3(10)2-5(11)12-4/h3-4,10H,1-2H2/t3-,4+/m1/s1. The lowest BCUT2D eigenvalue weighted by molar-refractivity contribution is -0.159. The van der Waals surface area contributed by atoms with Gasteiger partial charge in [-0.25, -0.2) is 0 Å². The molecular formula is C6H7Cl3O3. The number of aliphatic hydroxyl groups excluding tert-OH is 1. The summed E-state index contributed by atoms with van der Waals surface area (Å²) in [5.41, 5.74) is 0. The Morgan fingerprint density at radius 3 is 2.50 bits per heavy atom. The van der Waals surface area contributed by atoms with Crippen LogP contribution in [0, 0.1) is 0 Å². The largest absolute Gasteiger partial charge is 0.458 e. The first-order valence-electron chi connectivity index (χ1n) is 3.34. The lowest BCUT2D eigenvalue weighted by atomic mass is 10.1. The normalized spacial score (nSPS) is 31.5. The molecule has 2 atom stereocenters. The Labute approximate surface area is 84.5 Å². The number of carbonyl (C=O) groups excluding carboxylic acids is 1. The van der Waals surface area contributed by atoms with Crippen LogP contribution < -0.4 is 0 Å². The Bertz CT molecular complexity index is 189. The Morgan fingerprint density at radius 2 is 2.08 bits per heavy atom. The SMILES string of the molecule is O=C1C[C@H](O)C[C@@H](C(Cl)(Cl)Cl)O1. The van der Waals surface area contributed by atoms with Gasteiger partial charge in [-0.3, -0.25) is 4.79 Å². The number of halogens is 3. The molecule has 1 aliphatic heterocycles. The molecule has 0 amide bonds. The molecule has 3 nitrogen and oxygen atoms in total. The first-order chi connectivity index (χ1) is 5.39. The van der Waals surface area contributed by atoms with Crippen LogP contribution in [0.2, 0.25) is 0 Å². The Morgan fingerprint density at radius 1 is 1.50 bits per heavy atom. The summed E-state index contributed by atoms with van der Waals surface area (Å²) in [5, 5.41) is 9.14. The van der Waals surface area contributed by atoms with Crippen LogP contribution in [0.1, 0.15) is 12.8 Å². The summed E-state index contributed by atoms with van der Waals surface area (Å²) in [6.07, 6.45) is -1.48. The average molecular weight is 233 g/mol. The number of aliphatic hydroxyl groups is 1. The van der Waals surface area contributed by atoms with Crippen molar-refractivity contribution in [3.8, 4) is 0 Å². The highest BCUT2D eigenvalue weighted by molar-refractivity contribution is 6.68. The Kier molecular flexibility index (Phi) is 3.10. The number of alkyl halides is 3. The van der Waals surface area contributed by atoms with E-state index in [2.05, 4.69) is 0 Å². The fourth-order valence-electron chi connectivity index (χ4n) is 0.978. The van der Waals surface area contributed by atoms with Crippen molar-refractivity contribution in [2.45, 2.75) is 28.8 Å². The van der Waals surface area contributed by atoms with Crippen molar-refractivity contribution in [3.63, 3.8) is 0 Å². The van der Waals surface area contributed by atoms with Crippen LogP contribution in [-0.2, 0) is 9.53 Å². The third kappa shape index (κ3) is 2.66. The molecule has 0 spiro atoms. The van der Waals surface area contributed by atoms with Gasteiger partial charge < -0.3 is 9.84 Å². The quantitative estimate of drug-likeness (QED) is 0.508. The van der Waals surface area contributed by atoms with Crippen molar-refractivity contribution in [2.75, 3.05) is 0 Å². The first kappa shape index (κ1) is 10.4. The zero-order valence-corrected chi connectivity index (χ0v) is 8.23. The fraction of sp³-hybridized carbons (Fsp3) is 0.833. The molecular weight excluding hydrogens is 226 g/mol. The Hall–Kier alpha value is 0.300. The number of hydrogen-bond donors (Lipinski definition) is 1. The summed E-state index contributed by atoms with van der Waals surface area (Å²) in [7, 11) is 0. The predicted molar refractivity (Wildman–Crippen MR) is 45.4 cm³/mol. The molecule has 1 heterocycles. The van der Waals surface area contributed by atoms with Crippen LogP contribution in [0.3, 0.4) is 0 Å². The van der Waals surface area contributed by atoms with E-state index in [1.807, 2.05) is 0 Å². The van der Waals surface area contributed by atoms with Gasteiger partial charge in [0.25, 0.3) is 0 Å². The highest BCUT2D eigenvalue weighted by Gasteiger charge is 2.40. The number of carbonyl (C=O) groups is 1. The van der Waals surface area contributed by atoms with Gasteiger partial charge in [0.05, 0.1) is 12.5 Å². The van der Waals surface area contributed by atoms with Gasteiger partial charge in [0.2, 0.25) is 3.79 Å². The molecule has 0 saturated carbocycles. The van der Waals surface area contributed by atoms with E-state index in [-0.39, 0.29) is 12.8 Å². The van der Waals surface area contributed by atoms with Crippen molar-refractivity contribution in [2.24, 2.45) is 0 Å². The molecule has 12 heavy (non-hydrogen) atoms. The van der Waals surface area contributed by atoms with Crippen molar-refractivity contribution in [3.05, 3.63) is 0 Å². The molecule has 0 aliphatic carbocycles. The second-order valence-corrected chi connectivity index (χ2v) is 4.98. The minimum absolute atomic E-state index is 0.0305. The number of esters is 1. The fourth-order valence-corrected chi connectivity index (χ4v) is 1.38. The first-order valence-corrected chi connectivity index (χ1v) is 4.47. The maximum absolute atomic E-state index is 10.8. The van der Waals surface area contributed by atoms with Gasteiger partial charge in [-0.15, -0.1) is 0 Å². The third-order valence-electron chi connectivity index (χ3n) is 1.53. The molecule has 0 aromatic carbocycles. The summed E-state index contributed by atoms with van der Waals surface area (Å²) < 4.78 is 3.07. The molecule has 1 rings (SSSR count). The highest BCUT2D eigenvalue weighted by atomic mass is 35.6. The second kappa shape index (κ2) is 3.58. The highest BCUT2D eigenvalue weighted by Crippen LogP contribution is 2.36. The van der Waals surface area contributed by atoms with Crippen molar-refractivity contribution in [1.82, 2.24) is 0 Å². The summed E-state index contributed by atoms with van der Waals surface area (Å²) in [4.78, 5) is 10.8. The van der Waals surface area contributed by atoms with Gasteiger partial charge in [0, 0.05) is 6.42 Å². The minimum Gasteiger partial charge on any atom is -0.458 e. The summed E-state index contributed by atoms with van der Waals surface area (Å²) in [6, 6.07) is 0. The van der Waals surface area contributed by atoms with Crippen LogP contribution in [0.4, 0.5) is 0 Å². The van der Waals surface area contributed by atoms with Crippen molar-refractivity contribution < 1.29 is 14.6 Å². The summed E-state index contributed by atoms with van der Waals surface area (Å²) >= 11 is 16.5. The van der Waals surface area contributed by atoms with E-state index >= 15 is 0 Å². The van der Waals surface area contributed by atoms with E-state index in [0.717, 1.165) is 0 Å². The van der Waals surface area contributed by atoms with E-state index in [1.54, 1.807) is 0 Å². The monoisotopic (exact) mass is 232 g/mol. The van der Waals surface area contributed by atoms with E-state index in [4.69, 9.17) is 44.6 Å². The zero-order valence-electron chi connectivity index (χ0n) is 5.97. The molecule has 0 bridgehead atoms. The molecule has 0 aromatic heterocycles. The van der Waals surface area contributed by atoms with Crippen LogP contribution in [0.25, 0.3) is 0 Å². The summed E-state index contributed by atoms with van der Waals surface area (Å²) in [6.45, 7) is 0. The van der Waals surface area contributed by atoms with Crippen LogP contribution in [0.15, 0.2) is 0 Å². The van der Waals surface area contributed by atoms with Gasteiger partial charge in [0.15, 0.2) is 6.10 Å². The molecule has 1 N–H and O–H groups in total. The number of hydrogen-bond acceptors (Lipinski definition) is 3. The lowest BCUT2D eigenvalue weighted by Crippen LogP contribution is -2.40. The number of ether oxygens (including phenoxy) is 1. The molecule has 70 valence electrons. The smallest absolute Gasteiger partial charge is 0.308 e. The minimum atomic E-state index is -1.66. The van der Waals surface area contributed by atoms with E-state index in [9.17, 15) is 4.79 Å². The number of rotatable bonds is 0. The second-order valence-electron chi connectivity index (χ2n) is 2.61. The summed E-state index contributed by atoms with van der Waals surface area (Å²) in [5.74, 6) is -0.537. The van der Waals surface area contributed by atoms with Crippen LogP contribution in [0.5, 0.6) is 0 Å². The molecule has 0 radical (unpaired) electrons. The van der Waals surface area contributed by atoms with Gasteiger partial charge in [0.1, 0.15) is 0 Å². The predicted octanol–water partition coefficient (Wildman–Crippen LogP) is 1.42. The van der Waals surface area contributed by atoms with Gasteiger partial charge in [-0.1, -0.05) is 34.8 Å². The molecule has 0 unspecified atom stereocenters. The maximum atomic E-state index is 10.8. The van der Waals surface area contributed by atoms with Gasteiger partial charge in [-0.05, 0) is 0 Å². The molecule has 6 heteroatoms. The van der Waals surface area contributed by atoms with E-state index in [0.29, 0.717) is 0 Å². The maximum Gasteiger partial charge on any atom is 0.308 e. The third-order valence-corrected chi connectivity index (χ3v) is 2.26. The molecule has 1 fully saturated rings. The van der Waals surface area contributed by atoms with Gasteiger partial charge >= 0.3 is 5.97 Å².